The third kappa shape index (κ3) is 8.51. The van der Waals surface area contributed by atoms with E-state index in [0.717, 1.165) is 32.1 Å². The Hall–Kier alpha value is -0.980. The van der Waals surface area contributed by atoms with E-state index in [9.17, 15) is 56.2 Å². The Balaban J connectivity index is 0.852. The molecule has 0 aromatic carbocycles. The van der Waals surface area contributed by atoms with Crippen LogP contribution in [0.1, 0.15) is 92.4 Å². The molecule has 63 heavy (non-hydrogen) atoms. The summed E-state index contributed by atoms with van der Waals surface area (Å²) in [5.74, 6) is 0.121. The molecule has 18 nitrogen and oxygen atoms in total. The van der Waals surface area contributed by atoms with E-state index in [1.165, 1.54) is 12.5 Å². The van der Waals surface area contributed by atoms with E-state index >= 15 is 0 Å². The molecule has 0 bridgehead atoms. The molecule has 1 unspecified atom stereocenters. The normalized spacial score (nSPS) is 55.0. The van der Waals surface area contributed by atoms with Crippen LogP contribution in [0.15, 0.2) is 11.6 Å². The standard InChI is InChI=1S/C45H74O18/c1-19(18-57-40-36(53)34(51)32(49)28(16-46)60-40)8-13-45(56)20(2)30-27(63-45)15-26-24-7-6-22-14-23(9-11-43(22,4)25(24)10-12-44(26,30)5)59-42-38(55)35(52)39(29(17-47)61-42)62-41-37(54)33(50)31(48)21(3)58-41/h6,19-21,23-42,46-56H,7-18H2,1-5H3/t19-,20+,21+,23+,24-,25+,26+,27+,28-,29-,30+,31+,32-,33-,34+,35-,36-,37-,38-,39-,40-,41+,42-,43+,44+,45?/m1/s1. The van der Waals surface area contributed by atoms with Gasteiger partial charge in [-0.3, -0.25) is 0 Å². The van der Waals surface area contributed by atoms with Gasteiger partial charge in [-0.2, -0.15) is 0 Å². The molecule has 4 aliphatic heterocycles. The van der Waals surface area contributed by atoms with Crippen molar-refractivity contribution in [2.45, 2.75) is 203 Å². The van der Waals surface area contributed by atoms with Gasteiger partial charge in [-0.25, -0.2) is 0 Å². The largest absolute Gasteiger partial charge is 0.394 e. The topological polar surface area (TPSA) is 287 Å². The molecule has 7 fully saturated rings. The average molecular weight is 903 g/mol. The van der Waals surface area contributed by atoms with Crippen LogP contribution in [-0.4, -0.2) is 186 Å². The van der Waals surface area contributed by atoms with Gasteiger partial charge in [0.15, 0.2) is 24.7 Å². The van der Waals surface area contributed by atoms with Gasteiger partial charge in [0.25, 0.3) is 0 Å². The Kier molecular flexibility index (Phi) is 14.2. The number of hydrogen-bond acceptors (Lipinski definition) is 18. The lowest BCUT2D eigenvalue weighted by molar-refractivity contribution is -0.360. The highest BCUT2D eigenvalue weighted by atomic mass is 16.7. The van der Waals surface area contributed by atoms with Gasteiger partial charge in [0.1, 0.15) is 67.1 Å². The first-order valence-electron chi connectivity index (χ1n) is 23.4. The summed E-state index contributed by atoms with van der Waals surface area (Å²) in [5.41, 5.74) is 1.28. The molecule has 0 aromatic heterocycles. The van der Waals surface area contributed by atoms with Crippen LogP contribution >= 0.6 is 0 Å². The molecule has 362 valence electrons. The van der Waals surface area contributed by atoms with Crippen LogP contribution in [0.2, 0.25) is 0 Å². The highest BCUT2D eigenvalue weighted by Crippen LogP contribution is 2.70. The molecule has 0 spiro atoms. The van der Waals surface area contributed by atoms with Gasteiger partial charge < -0.3 is 89.3 Å². The predicted molar refractivity (Wildman–Crippen MR) is 218 cm³/mol. The van der Waals surface area contributed by atoms with E-state index in [4.69, 9.17) is 33.2 Å². The quantitative estimate of drug-likeness (QED) is 0.107. The highest BCUT2D eigenvalue weighted by molar-refractivity contribution is 5.26. The number of aliphatic hydroxyl groups is 11. The van der Waals surface area contributed by atoms with Crippen molar-refractivity contribution in [1.82, 2.24) is 0 Å². The van der Waals surface area contributed by atoms with Crippen LogP contribution in [0.25, 0.3) is 0 Å². The zero-order chi connectivity index (χ0) is 45.5. The molecule has 4 aliphatic carbocycles. The number of allylic oxidation sites excluding steroid dienone is 1. The lowest BCUT2D eigenvalue weighted by Crippen LogP contribution is -2.64. The maximum atomic E-state index is 12.0. The number of ether oxygens (including phenoxy) is 7. The van der Waals surface area contributed by atoms with Crippen LogP contribution in [0.3, 0.4) is 0 Å². The van der Waals surface area contributed by atoms with Gasteiger partial charge >= 0.3 is 0 Å². The molecule has 8 rings (SSSR count). The van der Waals surface area contributed by atoms with E-state index in [1.54, 1.807) is 0 Å². The molecule has 11 N–H and O–H groups in total. The highest BCUT2D eigenvalue weighted by Gasteiger charge is 2.68. The van der Waals surface area contributed by atoms with Crippen molar-refractivity contribution in [3.63, 3.8) is 0 Å². The SMILES string of the molecule is C[C@H](CCC1(O)O[C@H]2C[C@H]3[C@@H]4CC=C5C[C@@H](O[C@@H]6O[C@H](CO)[C@@H](O[C@@H]7O[C@@H](C)[C@H](O)[C@@H](O)[C@H]7O)[C@H](O)[C@H]6O)CC[C@]5(C)[C@H]4CC[C@]3(C)[C@H]2[C@@H]1C)CO[C@@H]1O[C@H](CO)[C@@H](O)[C@H](O)[C@H]1O. The van der Waals surface area contributed by atoms with Crippen molar-refractivity contribution in [3.8, 4) is 0 Å². The summed E-state index contributed by atoms with van der Waals surface area (Å²) in [6.07, 6.45) is -11.3. The van der Waals surface area contributed by atoms with Crippen LogP contribution in [0, 0.1) is 46.3 Å². The fraction of sp³-hybridized carbons (Fsp3) is 0.956. The van der Waals surface area contributed by atoms with E-state index in [2.05, 4.69) is 26.8 Å². The van der Waals surface area contributed by atoms with Gasteiger partial charge in [0, 0.05) is 12.3 Å². The minimum absolute atomic E-state index is 0.00377. The number of hydrogen-bond donors (Lipinski definition) is 11. The molecule has 18 heteroatoms. The Morgan fingerprint density at radius 1 is 0.746 bits per heavy atom. The van der Waals surface area contributed by atoms with Crippen LogP contribution < -0.4 is 0 Å². The number of rotatable bonds is 12. The maximum Gasteiger partial charge on any atom is 0.187 e. The number of aliphatic hydroxyl groups excluding tert-OH is 10. The van der Waals surface area contributed by atoms with E-state index in [0.29, 0.717) is 43.4 Å². The molecule has 8 aliphatic rings. The molecule has 0 amide bonds. The second-order valence-electron chi connectivity index (χ2n) is 21.0. The lowest BCUT2D eigenvalue weighted by atomic mass is 9.47. The lowest BCUT2D eigenvalue weighted by Gasteiger charge is -2.58. The second-order valence-corrected chi connectivity index (χ2v) is 21.0. The van der Waals surface area contributed by atoms with Crippen molar-refractivity contribution in [2.24, 2.45) is 46.3 Å². The fourth-order valence-corrected chi connectivity index (χ4v) is 13.5. The van der Waals surface area contributed by atoms with Gasteiger partial charge in [0.2, 0.25) is 0 Å². The Bertz CT molecular complexity index is 1600. The number of fused-ring (bicyclic) bond motifs is 7. The van der Waals surface area contributed by atoms with Gasteiger partial charge in [-0.15, -0.1) is 0 Å². The molecular weight excluding hydrogens is 828 g/mol. The third-order valence-corrected chi connectivity index (χ3v) is 17.4. The summed E-state index contributed by atoms with van der Waals surface area (Å²) in [6, 6.07) is 0. The molecular formula is C45H74O18. The van der Waals surface area contributed by atoms with E-state index in [1.807, 2.05) is 6.92 Å². The molecule has 26 atom stereocenters. The zero-order valence-electron chi connectivity index (χ0n) is 37.1. The zero-order valence-corrected chi connectivity index (χ0v) is 37.1. The van der Waals surface area contributed by atoms with Crippen molar-refractivity contribution in [3.05, 3.63) is 11.6 Å². The Labute approximate surface area is 369 Å². The minimum atomic E-state index is -1.64. The van der Waals surface area contributed by atoms with Crippen molar-refractivity contribution < 1.29 is 89.3 Å². The van der Waals surface area contributed by atoms with Crippen LogP contribution in [0.4, 0.5) is 0 Å². The molecule has 4 heterocycles. The summed E-state index contributed by atoms with van der Waals surface area (Å²) < 4.78 is 41.6. The molecule has 3 saturated carbocycles. The van der Waals surface area contributed by atoms with Gasteiger partial charge in [-0.05, 0) is 98.7 Å². The summed E-state index contributed by atoms with van der Waals surface area (Å²) in [6.45, 7) is 9.42. The van der Waals surface area contributed by atoms with E-state index in [-0.39, 0.29) is 47.4 Å². The molecule has 0 radical (unpaired) electrons. The monoisotopic (exact) mass is 902 g/mol. The smallest absolute Gasteiger partial charge is 0.187 e. The molecule has 4 saturated heterocycles. The first-order valence-corrected chi connectivity index (χ1v) is 23.4. The summed E-state index contributed by atoms with van der Waals surface area (Å²) >= 11 is 0. The van der Waals surface area contributed by atoms with Gasteiger partial charge in [0.05, 0.1) is 38.1 Å². The third-order valence-electron chi connectivity index (χ3n) is 17.4. The van der Waals surface area contributed by atoms with Crippen LogP contribution in [-0.2, 0) is 33.2 Å². The minimum Gasteiger partial charge on any atom is -0.394 e. The Morgan fingerprint density at radius 2 is 1.40 bits per heavy atom. The predicted octanol–water partition coefficient (Wildman–Crippen LogP) is -0.831. The van der Waals surface area contributed by atoms with Crippen molar-refractivity contribution in [2.75, 3.05) is 19.8 Å². The van der Waals surface area contributed by atoms with Crippen LogP contribution in [0.5, 0.6) is 0 Å². The summed E-state index contributed by atoms with van der Waals surface area (Å²) in [5, 5.41) is 115. The summed E-state index contributed by atoms with van der Waals surface area (Å²) in [4.78, 5) is 0. The average Bonchev–Trinajstić information content (AvgIpc) is 3.70. The van der Waals surface area contributed by atoms with Gasteiger partial charge in [-0.1, -0.05) is 39.3 Å². The molecule has 0 aromatic rings. The Morgan fingerprint density at radius 3 is 2.11 bits per heavy atom. The van der Waals surface area contributed by atoms with Crippen molar-refractivity contribution >= 4 is 0 Å². The van der Waals surface area contributed by atoms with Crippen molar-refractivity contribution in [1.29, 1.82) is 0 Å². The van der Waals surface area contributed by atoms with E-state index < -0.39 is 111 Å². The fourth-order valence-electron chi connectivity index (χ4n) is 13.5. The second kappa shape index (κ2) is 18.5. The summed E-state index contributed by atoms with van der Waals surface area (Å²) in [7, 11) is 0. The first-order chi connectivity index (χ1) is 29.8. The maximum absolute atomic E-state index is 12.0. The first kappa shape index (κ1) is 48.5.